The summed E-state index contributed by atoms with van der Waals surface area (Å²) in [5.74, 6) is 6.35. The highest BCUT2D eigenvalue weighted by atomic mass is 16.7. The Morgan fingerprint density at radius 1 is 0.208 bits per heavy atom. The molecule has 3 N–H and O–H groups in total. The lowest BCUT2D eigenvalue weighted by molar-refractivity contribution is -0.282. The Balaban J connectivity index is 1.16. The Morgan fingerprint density at radius 3 is 0.576 bits per heavy atom. The first-order valence-corrected chi connectivity index (χ1v) is 58.2. The summed E-state index contributed by atoms with van der Waals surface area (Å²) in [6.07, 6.45) is 30.0. The summed E-state index contributed by atoms with van der Waals surface area (Å²) in [5, 5.41) is 25.8. The minimum absolute atomic E-state index is 0.0977. The molecule has 0 saturated carbocycles. The lowest BCUT2D eigenvalue weighted by Crippen LogP contribution is -2.64. The summed E-state index contributed by atoms with van der Waals surface area (Å²) in [6, 6.07) is 0.748. The molecule has 0 aromatic carbocycles. The zero-order valence-corrected chi connectivity index (χ0v) is 99.1. The molecule has 3 aromatic rings. The van der Waals surface area contributed by atoms with Gasteiger partial charge in [0, 0.05) is 175 Å². The minimum atomic E-state index is -0.300. The molecule has 31 heteroatoms. The van der Waals surface area contributed by atoms with Crippen molar-refractivity contribution in [1.82, 2.24) is 80.6 Å². The van der Waals surface area contributed by atoms with Crippen LogP contribution < -0.4 is 50.2 Å². The monoisotopic (exact) mass is 2020 g/mol. The van der Waals surface area contributed by atoms with Gasteiger partial charge in [-0.25, -0.2) is 0 Å². The molecular formula is C113H217N25O6. The van der Waals surface area contributed by atoms with E-state index in [9.17, 15) is 0 Å². The van der Waals surface area contributed by atoms with Gasteiger partial charge in [0.15, 0.2) is 0 Å². The average Bonchev–Trinajstić information content (AvgIpc) is 0.774. The number of piperidine rings is 6. The maximum Gasteiger partial charge on any atom is 0.232 e. The maximum atomic E-state index is 6.79. The molecule has 6 aliphatic rings. The van der Waals surface area contributed by atoms with Gasteiger partial charge in [-0.1, -0.05) is 122 Å². The molecule has 31 nitrogen and oxygen atoms in total. The van der Waals surface area contributed by atoms with Crippen molar-refractivity contribution in [3.63, 3.8) is 0 Å². The molecule has 6 saturated heterocycles. The molecule has 0 radical (unpaired) electrons. The fraction of sp³-hybridized carbons (Fsp3) is 0.920. The van der Waals surface area contributed by atoms with E-state index in [0.717, 1.165) is 287 Å². The molecule has 3 aromatic heterocycles. The van der Waals surface area contributed by atoms with Crippen molar-refractivity contribution in [3.8, 4) is 0 Å². The number of unbranched alkanes of at least 4 members (excludes halogenated alkanes) is 6. The van der Waals surface area contributed by atoms with Crippen LogP contribution in [0.3, 0.4) is 0 Å². The van der Waals surface area contributed by atoms with E-state index in [1.165, 1.54) is 0 Å². The highest BCUT2D eigenvalue weighted by Crippen LogP contribution is 2.50. The Kier molecular flexibility index (Phi) is 45.7. The highest BCUT2D eigenvalue weighted by Gasteiger charge is 2.56. The molecule has 0 bridgehead atoms. The third-order valence-electron chi connectivity index (χ3n) is 31.0. The molecule has 9 rings (SSSR count). The first-order chi connectivity index (χ1) is 67.8. The smallest absolute Gasteiger partial charge is 0.232 e. The third-order valence-corrected chi connectivity index (χ3v) is 31.0. The van der Waals surface area contributed by atoms with Crippen LogP contribution >= 0.6 is 0 Å². The zero-order chi connectivity index (χ0) is 106. The van der Waals surface area contributed by atoms with Crippen LogP contribution in [-0.4, -0.2) is 296 Å². The number of hydrogen-bond acceptors (Lipinski definition) is 31. The molecule has 0 aliphatic carbocycles. The van der Waals surface area contributed by atoms with Gasteiger partial charge in [-0.15, -0.1) is 0 Å². The van der Waals surface area contributed by atoms with E-state index in [2.05, 4.69) is 330 Å². The van der Waals surface area contributed by atoms with Gasteiger partial charge >= 0.3 is 0 Å². The van der Waals surface area contributed by atoms with E-state index >= 15 is 0 Å². The van der Waals surface area contributed by atoms with Gasteiger partial charge in [0.2, 0.25) is 53.5 Å². The summed E-state index contributed by atoms with van der Waals surface area (Å²) in [4.78, 5) is 110. The highest BCUT2D eigenvalue weighted by molar-refractivity contribution is 5.52. The van der Waals surface area contributed by atoms with Crippen molar-refractivity contribution in [2.45, 2.75) is 557 Å². The van der Waals surface area contributed by atoms with Crippen molar-refractivity contribution in [2.75, 3.05) is 163 Å². The lowest BCUT2D eigenvalue weighted by Gasteiger charge is -2.56. The van der Waals surface area contributed by atoms with Crippen LogP contribution in [0.15, 0.2) is 0 Å². The Labute approximate surface area is 878 Å². The SMILES string of the molecule is CCCCN(c1nc(NCCCNCCN(CCCNc2nc(N(CCCC)C3CC(C)(C)N(OCCC)C(C)(C)C3)nc(N(CCCC)C3CC(C)(C)N(OCCC)C(C)(C)C3)n2)c2nc(N(CCCC)C3CC(C)(C)N(OCCC)C(C)(C)C3)nc(N(CCCC)C3CC(C)(C)N(OCCC)C(C)(C)C3)n2)nc(N(CCCC)C2CC(C)(C)N(OCCC)C(C)(C)C2)n1)C1CC(C)(C)N(OCCC)C(C)(C)C1. The number of nitrogens with zero attached hydrogens (tertiary/aromatic N) is 22. The average molecular weight is 2020 g/mol. The van der Waals surface area contributed by atoms with Crippen molar-refractivity contribution < 1.29 is 29.0 Å². The standard InChI is InChI=1S/C113H217N25O6/c1-37-49-62-127(87-75-102(13,14)133(139-69-43-7)103(15,16)76-87)96-117-93(118-97(123-96)128(63-50-38-2)88-77-104(17,18)134(140-70-44-8)105(19,20)78-88)115-58-55-57-114-60-68-126(95-121-100(131(66-53-41-5)91-83-110(29,30)137(143-73-47-11)111(31,32)84-91)125-101(122-95)132(67-54-42-6)92-85-112(33,34)138(144-74-48-12)113(35,36)86-92)61-56-59-116-94-119-98(129(64-51-39-3)89-79-106(21,22)135(141-71-45-9)107(23,24)80-89)124-99(120-94)130(65-52-40-4)90-81-108(25,26)136(142-72-46-10)109(27,28)82-90/h87-92,114H,37-86H2,1-36H3,(H,115,117,118,123)(H,116,119,120,124). The number of hydroxylamine groups is 12. The second kappa shape index (κ2) is 53.8. The van der Waals surface area contributed by atoms with E-state index < -0.39 is 0 Å². The van der Waals surface area contributed by atoms with Gasteiger partial charge in [0.25, 0.3) is 0 Å². The van der Waals surface area contributed by atoms with Gasteiger partial charge < -0.3 is 50.2 Å². The van der Waals surface area contributed by atoms with Crippen LogP contribution in [0.5, 0.6) is 0 Å². The molecule has 830 valence electrons. The van der Waals surface area contributed by atoms with Gasteiger partial charge in [-0.3, -0.25) is 29.0 Å². The van der Waals surface area contributed by atoms with Crippen LogP contribution in [0, 0.1) is 0 Å². The molecule has 0 unspecified atom stereocenters. The molecule has 0 spiro atoms. The molecule has 0 atom stereocenters. The summed E-state index contributed by atoms with van der Waals surface area (Å²) >= 11 is 0. The number of anilines is 9. The predicted octanol–water partition coefficient (Wildman–Crippen LogP) is 23.5. The van der Waals surface area contributed by atoms with E-state index in [4.69, 9.17) is 73.9 Å². The quantitative estimate of drug-likeness (QED) is 0.0444. The second-order valence-electron chi connectivity index (χ2n) is 51.2. The van der Waals surface area contributed by atoms with Crippen molar-refractivity contribution >= 4 is 53.5 Å². The molecule has 144 heavy (non-hydrogen) atoms. The van der Waals surface area contributed by atoms with Crippen molar-refractivity contribution in [3.05, 3.63) is 0 Å². The van der Waals surface area contributed by atoms with Crippen LogP contribution in [0.2, 0.25) is 0 Å². The maximum absolute atomic E-state index is 6.79. The zero-order valence-electron chi connectivity index (χ0n) is 99.1. The molecule has 9 heterocycles. The van der Waals surface area contributed by atoms with E-state index in [0.29, 0.717) is 90.2 Å². The van der Waals surface area contributed by atoms with Crippen molar-refractivity contribution in [2.24, 2.45) is 0 Å². The first-order valence-electron chi connectivity index (χ1n) is 58.2. The lowest BCUT2D eigenvalue weighted by atomic mass is 9.78. The fourth-order valence-electron chi connectivity index (χ4n) is 26.1. The summed E-state index contributed by atoms with van der Waals surface area (Å²) in [5.41, 5.74) is -3.32. The first kappa shape index (κ1) is 122. The Hall–Kier alpha value is -5.29. The molecule has 0 amide bonds. The largest absolute Gasteiger partial charge is 0.354 e. The normalized spacial score (nSPS) is 21.6. The molecular weight excluding hydrogens is 1800 g/mol. The van der Waals surface area contributed by atoms with Crippen LogP contribution in [0.1, 0.15) is 455 Å². The summed E-state index contributed by atoms with van der Waals surface area (Å²) in [7, 11) is 0. The van der Waals surface area contributed by atoms with Gasteiger partial charge in [-0.05, 0) is 340 Å². The van der Waals surface area contributed by atoms with E-state index in [-0.39, 0.29) is 103 Å². The van der Waals surface area contributed by atoms with Crippen LogP contribution in [0.25, 0.3) is 0 Å². The van der Waals surface area contributed by atoms with E-state index in [1.54, 1.807) is 0 Å². The van der Waals surface area contributed by atoms with Gasteiger partial charge in [0.05, 0.1) is 39.6 Å². The number of rotatable bonds is 62. The minimum Gasteiger partial charge on any atom is -0.354 e. The topological polar surface area (TPSA) is 250 Å². The van der Waals surface area contributed by atoms with Gasteiger partial charge in [0.1, 0.15) is 0 Å². The summed E-state index contributed by atoms with van der Waals surface area (Å²) in [6.45, 7) is 96.6. The summed E-state index contributed by atoms with van der Waals surface area (Å²) < 4.78 is 0. The Morgan fingerprint density at radius 2 is 0.389 bits per heavy atom. The molecule has 6 fully saturated rings. The fourth-order valence-corrected chi connectivity index (χ4v) is 26.1. The van der Waals surface area contributed by atoms with Crippen LogP contribution in [0.4, 0.5) is 53.5 Å². The second-order valence-corrected chi connectivity index (χ2v) is 51.2. The predicted molar refractivity (Wildman–Crippen MR) is 600 cm³/mol. The van der Waals surface area contributed by atoms with E-state index in [1.807, 2.05) is 0 Å². The van der Waals surface area contributed by atoms with Crippen molar-refractivity contribution in [1.29, 1.82) is 0 Å². The number of hydrogen-bond donors (Lipinski definition) is 3. The van der Waals surface area contributed by atoms with Crippen LogP contribution in [-0.2, 0) is 29.0 Å². The number of nitrogens with one attached hydrogen (secondary N) is 3. The third kappa shape index (κ3) is 32.2. The Bertz CT molecular complexity index is 3900. The van der Waals surface area contributed by atoms with Gasteiger partial charge in [-0.2, -0.15) is 75.2 Å². The molecule has 6 aliphatic heterocycles. The number of aromatic nitrogens is 9.